The average Bonchev–Trinajstić information content (AvgIpc) is 2.64. The molecule has 80 valence electrons. The van der Waals surface area contributed by atoms with Crippen molar-refractivity contribution in [2.45, 2.75) is 30.6 Å². The molecule has 2 saturated heterocycles. The van der Waals surface area contributed by atoms with Gasteiger partial charge in [-0.3, -0.25) is 0 Å². The van der Waals surface area contributed by atoms with Gasteiger partial charge in [0.1, 0.15) is 18.3 Å². The molecule has 6 nitrogen and oxygen atoms in total. The number of hydrogen-bond donors (Lipinski definition) is 4. The van der Waals surface area contributed by atoms with Crippen molar-refractivity contribution in [2.75, 3.05) is 6.61 Å². The van der Waals surface area contributed by atoms with E-state index in [9.17, 15) is 10.2 Å². The van der Waals surface area contributed by atoms with Gasteiger partial charge in [-0.15, -0.1) is 0 Å². The maximum absolute atomic E-state index is 9.66. The summed E-state index contributed by atoms with van der Waals surface area (Å²) in [7, 11) is 0. The number of fused-ring (bicyclic) bond motifs is 1. The maximum atomic E-state index is 9.66. The van der Waals surface area contributed by atoms with Crippen LogP contribution in [0.25, 0.3) is 0 Å². The van der Waals surface area contributed by atoms with Crippen molar-refractivity contribution in [3.05, 3.63) is 0 Å². The van der Waals surface area contributed by atoms with Gasteiger partial charge < -0.3 is 30.1 Å². The highest BCUT2D eigenvalue weighted by Gasteiger charge is 2.51. The summed E-state index contributed by atoms with van der Waals surface area (Å²) in [4.78, 5) is 0. The maximum Gasteiger partial charge on any atom is 0.259 e. The lowest BCUT2D eigenvalue weighted by atomic mass is 10.1. The standard InChI is InChI=1S/C7H11NO5S/c9-1-2(10)4-3(11)5-6(12-4)8-7(14)13-5/h2-6,9-11H,1H2,(H,8,14)/t2-,3?,4?,5?,6?/m1/s1. The Kier molecular flexibility index (Phi) is 2.58. The SMILES string of the molecule is OC[C@@H](O)C1OC2NC(=S)OC2C1O. The molecule has 4 unspecified atom stereocenters. The Hall–Kier alpha value is -0.470. The van der Waals surface area contributed by atoms with Gasteiger partial charge >= 0.3 is 0 Å². The molecule has 2 rings (SSSR count). The number of ether oxygens (including phenoxy) is 2. The fourth-order valence-electron chi connectivity index (χ4n) is 1.64. The van der Waals surface area contributed by atoms with Crippen LogP contribution in [0.5, 0.6) is 0 Å². The highest BCUT2D eigenvalue weighted by Crippen LogP contribution is 2.28. The Labute approximate surface area is 85.4 Å². The van der Waals surface area contributed by atoms with E-state index in [4.69, 9.17) is 26.8 Å². The van der Waals surface area contributed by atoms with Crippen molar-refractivity contribution < 1.29 is 24.8 Å². The van der Waals surface area contributed by atoms with Crippen LogP contribution in [0.3, 0.4) is 0 Å². The molecule has 2 fully saturated rings. The van der Waals surface area contributed by atoms with Crippen LogP contribution in [-0.4, -0.2) is 57.7 Å². The van der Waals surface area contributed by atoms with Gasteiger partial charge in [-0.05, 0) is 12.2 Å². The summed E-state index contributed by atoms with van der Waals surface area (Å²) in [5, 5.41) is 30.5. The molecule has 0 aromatic carbocycles. The molecule has 5 atom stereocenters. The van der Waals surface area contributed by atoms with E-state index in [1.54, 1.807) is 0 Å². The van der Waals surface area contributed by atoms with Crippen LogP contribution < -0.4 is 5.32 Å². The lowest BCUT2D eigenvalue weighted by molar-refractivity contribution is -0.0846. The third kappa shape index (κ3) is 1.47. The van der Waals surface area contributed by atoms with Crippen molar-refractivity contribution in [3.63, 3.8) is 0 Å². The first-order valence-electron chi connectivity index (χ1n) is 4.23. The zero-order valence-electron chi connectivity index (χ0n) is 7.16. The second kappa shape index (κ2) is 3.59. The first-order valence-corrected chi connectivity index (χ1v) is 4.64. The summed E-state index contributed by atoms with van der Waals surface area (Å²) in [5.74, 6) is 0. The summed E-state index contributed by atoms with van der Waals surface area (Å²) in [6.07, 6.45) is -4.09. The van der Waals surface area contributed by atoms with Crippen LogP contribution in [0.1, 0.15) is 0 Å². The molecule has 0 saturated carbocycles. The molecule has 2 aliphatic heterocycles. The smallest absolute Gasteiger partial charge is 0.259 e. The van der Waals surface area contributed by atoms with Gasteiger partial charge in [-0.1, -0.05) is 0 Å². The van der Waals surface area contributed by atoms with Crippen LogP contribution in [0.15, 0.2) is 0 Å². The second-order valence-electron chi connectivity index (χ2n) is 3.28. The van der Waals surface area contributed by atoms with Crippen molar-refractivity contribution in [3.8, 4) is 0 Å². The van der Waals surface area contributed by atoms with E-state index >= 15 is 0 Å². The molecule has 7 heteroatoms. The first kappa shape index (κ1) is 10.1. The summed E-state index contributed by atoms with van der Waals surface area (Å²) >= 11 is 4.72. The third-order valence-corrected chi connectivity index (χ3v) is 2.56. The van der Waals surface area contributed by atoms with E-state index in [1.165, 1.54) is 0 Å². The Morgan fingerprint density at radius 1 is 1.57 bits per heavy atom. The zero-order chi connectivity index (χ0) is 10.3. The Morgan fingerprint density at radius 3 is 2.86 bits per heavy atom. The lowest BCUT2D eigenvalue weighted by Gasteiger charge is -2.20. The number of aliphatic hydroxyl groups excluding tert-OH is 3. The van der Waals surface area contributed by atoms with Crippen LogP contribution in [0.4, 0.5) is 0 Å². The Balaban J connectivity index is 2.05. The number of aliphatic hydroxyl groups is 3. The van der Waals surface area contributed by atoms with E-state index in [1.807, 2.05) is 0 Å². The predicted molar refractivity (Wildman–Crippen MR) is 48.4 cm³/mol. The van der Waals surface area contributed by atoms with Gasteiger partial charge in [0.2, 0.25) is 0 Å². The molecule has 0 aromatic rings. The predicted octanol–water partition coefficient (Wildman–Crippen LogP) is -2.30. The summed E-state index contributed by atoms with van der Waals surface area (Å²) in [5.41, 5.74) is 0. The van der Waals surface area contributed by atoms with Gasteiger partial charge in [-0.25, -0.2) is 0 Å². The molecule has 0 amide bonds. The molecule has 2 aliphatic rings. The number of thiocarbonyl (C=S) groups is 1. The molecule has 4 N–H and O–H groups in total. The largest absolute Gasteiger partial charge is 0.460 e. The van der Waals surface area contributed by atoms with E-state index in [2.05, 4.69) is 5.32 Å². The third-order valence-electron chi connectivity index (χ3n) is 2.34. The molecule has 0 aromatic heterocycles. The van der Waals surface area contributed by atoms with Gasteiger partial charge in [-0.2, -0.15) is 0 Å². The fourth-order valence-corrected chi connectivity index (χ4v) is 1.86. The minimum absolute atomic E-state index is 0.177. The van der Waals surface area contributed by atoms with E-state index in [-0.39, 0.29) is 5.17 Å². The molecule has 0 spiro atoms. The molecule has 2 heterocycles. The normalized spacial score (nSPS) is 42.9. The van der Waals surface area contributed by atoms with Crippen LogP contribution in [0, 0.1) is 0 Å². The zero-order valence-corrected chi connectivity index (χ0v) is 7.98. The van der Waals surface area contributed by atoms with Gasteiger partial charge in [0.25, 0.3) is 5.17 Å². The summed E-state index contributed by atoms with van der Waals surface area (Å²) in [6, 6.07) is 0. The van der Waals surface area contributed by atoms with Gasteiger partial charge in [0, 0.05) is 0 Å². The van der Waals surface area contributed by atoms with Crippen molar-refractivity contribution >= 4 is 17.4 Å². The molecule has 0 aliphatic carbocycles. The average molecular weight is 221 g/mol. The van der Waals surface area contributed by atoms with Crippen molar-refractivity contribution in [1.82, 2.24) is 5.32 Å². The Bertz CT molecular complexity index is 250. The minimum Gasteiger partial charge on any atom is -0.460 e. The monoisotopic (exact) mass is 221 g/mol. The second-order valence-corrected chi connectivity index (χ2v) is 3.65. The molecule has 14 heavy (non-hydrogen) atoms. The van der Waals surface area contributed by atoms with E-state index in [0.717, 1.165) is 0 Å². The van der Waals surface area contributed by atoms with Gasteiger partial charge in [0.05, 0.1) is 6.61 Å². The highest BCUT2D eigenvalue weighted by atomic mass is 32.1. The quantitative estimate of drug-likeness (QED) is 0.390. The first-order chi connectivity index (χ1) is 6.63. The number of hydrogen-bond acceptors (Lipinski definition) is 6. The van der Waals surface area contributed by atoms with Crippen LogP contribution in [0.2, 0.25) is 0 Å². The fraction of sp³-hybridized carbons (Fsp3) is 0.857. The van der Waals surface area contributed by atoms with Crippen LogP contribution in [-0.2, 0) is 9.47 Å². The van der Waals surface area contributed by atoms with Crippen molar-refractivity contribution in [2.24, 2.45) is 0 Å². The summed E-state index contributed by atoms with van der Waals surface area (Å²) < 4.78 is 10.3. The molecule has 0 bridgehead atoms. The van der Waals surface area contributed by atoms with Crippen LogP contribution >= 0.6 is 12.2 Å². The highest BCUT2D eigenvalue weighted by molar-refractivity contribution is 7.80. The van der Waals surface area contributed by atoms with E-state index < -0.39 is 37.3 Å². The molecular formula is C7H11NO5S. The topological polar surface area (TPSA) is 91.2 Å². The Morgan fingerprint density at radius 2 is 2.29 bits per heavy atom. The summed E-state index contributed by atoms with van der Waals surface area (Å²) in [6.45, 7) is -0.467. The number of rotatable bonds is 2. The minimum atomic E-state index is -1.12. The molecule has 0 radical (unpaired) electrons. The number of nitrogens with one attached hydrogen (secondary N) is 1. The molecular weight excluding hydrogens is 210 g/mol. The lowest BCUT2D eigenvalue weighted by Crippen LogP contribution is -2.41. The van der Waals surface area contributed by atoms with E-state index in [0.29, 0.717) is 0 Å². The van der Waals surface area contributed by atoms with Crippen molar-refractivity contribution in [1.29, 1.82) is 0 Å². The van der Waals surface area contributed by atoms with Gasteiger partial charge in [0.15, 0.2) is 12.3 Å².